The van der Waals surface area contributed by atoms with Crippen molar-refractivity contribution in [2.75, 3.05) is 6.54 Å². The fraction of sp³-hybridized carbons (Fsp3) is 0.400. The Kier molecular flexibility index (Phi) is 5.87. The van der Waals surface area contributed by atoms with Crippen molar-refractivity contribution in [2.24, 2.45) is 0 Å². The summed E-state index contributed by atoms with van der Waals surface area (Å²) in [6, 6.07) is 8.31. The van der Waals surface area contributed by atoms with Gasteiger partial charge in [-0.25, -0.2) is 0 Å². The van der Waals surface area contributed by atoms with E-state index in [-0.39, 0.29) is 24.3 Å². The van der Waals surface area contributed by atoms with Gasteiger partial charge in [-0.3, -0.25) is 9.59 Å². The van der Waals surface area contributed by atoms with Gasteiger partial charge in [0.25, 0.3) is 5.91 Å². The number of carbonyl (C=O) groups excluding carboxylic acids is 2. The van der Waals surface area contributed by atoms with E-state index >= 15 is 0 Å². The fourth-order valence-corrected chi connectivity index (χ4v) is 3.84. The summed E-state index contributed by atoms with van der Waals surface area (Å²) in [7, 11) is 0. The molecule has 0 spiro atoms. The van der Waals surface area contributed by atoms with Gasteiger partial charge in [0, 0.05) is 23.9 Å². The molecule has 1 aliphatic rings. The lowest BCUT2D eigenvalue weighted by atomic mass is 9.89. The largest absolute Gasteiger partial charge is 0.351 e. The first-order valence-electron chi connectivity index (χ1n) is 8.85. The average Bonchev–Trinajstić information content (AvgIpc) is 3.16. The Morgan fingerprint density at radius 2 is 1.96 bits per heavy atom. The van der Waals surface area contributed by atoms with E-state index in [1.807, 2.05) is 12.3 Å². The predicted octanol–water partition coefficient (Wildman–Crippen LogP) is 3.62. The summed E-state index contributed by atoms with van der Waals surface area (Å²) < 4.78 is 0. The van der Waals surface area contributed by atoms with Crippen LogP contribution in [0.2, 0.25) is 0 Å². The van der Waals surface area contributed by atoms with Gasteiger partial charge in [0.2, 0.25) is 5.91 Å². The summed E-state index contributed by atoms with van der Waals surface area (Å²) in [4.78, 5) is 24.0. The molecule has 0 saturated carbocycles. The first kappa shape index (κ1) is 17.7. The van der Waals surface area contributed by atoms with Crippen LogP contribution in [-0.2, 0) is 17.6 Å². The summed E-state index contributed by atoms with van der Waals surface area (Å²) in [5, 5.41) is 9.46. The molecule has 0 saturated heterocycles. The van der Waals surface area contributed by atoms with Crippen LogP contribution in [0.5, 0.6) is 0 Å². The van der Waals surface area contributed by atoms with Crippen LogP contribution in [0.15, 0.2) is 35.0 Å². The van der Waals surface area contributed by atoms with Crippen LogP contribution >= 0.6 is 11.3 Å². The number of benzene rings is 1. The first-order valence-corrected chi connectivity index (χ1v) is 9.79. The highest BCUT2D eigenvalue weighted by Gasteiger charge is 2.14. The van der Waals surface area contributed by atoms with Gasteiger partial charge >= 0.3 is 0 Å². The third kappa shape index (κ3) is 4.69. The number of aryl methyl sites for hydroxylation is 2. The maximum absolute atomic E-state index is 12.1. The smallest absolute Gasteiger partial charge is 0.252 e. The SMILES string of the molecule is CC(NC(=O)CCNC(=O)c1ccsc1)c1ccc2c(c1)CCCC2. The van der Waals surface area contributed by atoms with Gasteiger partial charge in [0.1, 0.15) is 0 Å². The first-order chi connectivity index (χ1) is 12.1. The molecule has 1 heterocycles. The molecule has 5 heteroatoms. The van der Waals surface area contributed by atoms with Gasteiger partial charge in [-0.15, -0.1) is 0 Å². The lowest BCUT2D eigenvalue weighted by Crippen LogP contribution is -2.32. The highest BCUT2D eigenvalue weighted by atomic mass is 32.1. The molecule has 4 nitrogen and oxygen atoms in total. The molecule has 0 fully saturated rings. The number of nitrogens with one attached hydrogen (secondary N) is 2. The van der Waals surface area contributed by atoms with Crippen LogP contribution in [-0.4, -0.2) is 18.4 Å². The Morgan fingerprint density at radius 3 is 2.72 bits per heavy atom. The quantitative estimate of drug-likeness (QED) is 0.830. The van der Waals surface area contributed by atoms with Crippen LogP contribution in [0.3, 0.4) is 0 Å². The van der Waals surface area contributed by atoms with Crippen molar-refractivity contribution >= 4 is 23.2 Å². The predicted molar refractivity (Wildman–Crippen MR) is 101 cm³/mol. The molecule has 0 bridgehead atoms. The molecule has 0 radical (unpaired) electrons. The third-order valence-electron chi connectivity index (χ3n) is 4.67. The summed E-state index contributed by atoms with van der Waals surface area (Å²) in [6.45, 7) is 2.35. The van der Waals surface area contributed by atoms with Crippen molar-refractivity contribution < 1.29 is 9.59 Å². The highest BCUT2D eigenvalue weighted by Crippen LogP contribution is 2.24. The number of fused-ring (bicyclic) bond motifs is 1. The van der Waals surface area contributed by atoms with Gasteiger partial charge in [0.05, 0.1) is 6.04 Å². The molecule has 1 unspecified atom stereocenters. The Morgan fingerprint density at radius 1 is 1.16 bits per heavy atom. The highest BCUT2D eigenvalue weighted by molar-refractivity contribution is 7.08. The second kappa shape index (κ2) is 8.30. The molecular weight excluding hydrogens is 332 g/mol. The number of hydrogen-bond donors (Lipinski definition) is 2. The van der Waals surface area contributed by atoms with E-state index in [1.54, 1.807) is 11.4 Å². The van der Waals surface area contributed by atoms with Gasteiger partial charge in [0.15, 0.2) is 0 Å². The lowest BCUT2D eigenvalue weighted by Gasteiger charge is -2.20. The van der Waals surface area contributed by atoms with Crippen LogP contribution < -0.4 is 10.6 Å². The Balaban J connectivity index is 1.46. The maximum atomic E-state index is 12.1. The second-order valence-electron chi connectivity index (χ2n) is 6.54. The van der Waals surface area contributed by atoms with Gasteiger partial charge in [-0.2, -0.15) is 11.3 Å². The van der Waals surface area contributed by atoms with Crippen molar-refractivity contribution in [1.82, 2.24) is 10.6 Å². The minimum atomic E-state index is -0.128. The standard InChI is InChI=1S/C20H24N2O2S/c1-14(16-7-6-15-4-2-3-5-17(15)12-16)22-19(23)8-10-21-20(24)18-9-11-25-13-18/h6-7,9,11-14H,2-5,8,10H2,1H3,(H,21,24)(H,22,23). The zero-order valence-electron chi connectivity index (χ0n) is 14.5. The molecule has 0 aliphatic heterocycles. The van der Waals surface area contributed by atoms with E-state index in [0.717, 1.165) is 12.0 Å². The zero-order valence-corrected chi connectivity index (χ0v) is 15.3. The molecule has 25 heavy (non-hydrogen) atoms. The minimum Gasteiger partial charge on any atom is -0.351 e. The summed E-state index contributed by atoms with van der Waals surface area (Å²) >= 11 is 1.48. The van der Waals surface area contributed by atoms with E-state index in [0.29, 0.717) is 12.1 Å². The Labute approximate surface area is 152 Å². The van der Waals surface area contributed by atoms with Crippen molar-refractivity contribution in [3.8, 4) is 0 Å². The van der Waals surface area contributed by atoms with E-state index in [2.05, 4.69) is 28.8 Å². The second-order valence-corrected chi connectivity index (χ2v) is 7.32. The number of hydrogen-bond acceptors (Lipinski definition) is 3. The topological polar surface area (TPSA) is 58.2 Å². The average molecular weight is 356 g/mol. The van der Waals surface area contributed by atoms with E-state index in [1.165, 1.54) is 41.7 Å². The molecule has 3 rings (SSSR count). The number of amides is 2. The molecule has 1 aromatic carbocycles. The van der Waals surface area contributed by atoms with Crippen molar-refractivity contribution in [2.45, 2.75) is 45.1 Å². The molecule has 2 amide bonds. The molecule has 2 aromatic rings. The Bertz CT molecular complexity index is 740. The van der Waals surface area contributed by atoms with Gasteiger partial charge in [-0.05, 0) is 60.7 Å². The number of rotatable bonds is 6. The summed E-state index contributed by atoms with van der Waals surface area (Å²) in [6.07, 6.45) is 5.11. The molecule has 1 atom stereocenters. The van der Waals surface area contributed by atoms with Crippen molar-refractivity contribution in [1.29, 1.82) is 0 Å². The normalized spacial score (nSPS) is 14.4. The third-order valence-corrected chi connectivity index (χ3v) is 5.35. The van der Waals surface area contributed by atoms with Gasteiger partial charge < -0.3 is 10.6 Å². The van der Waals surface area contributed by atoms with Crippen LogP contribution in [0.25, 0.3) is 0 Å². The van der Waals surface area contributed by atoms with Crippen molar-refractivity contribution in [3.05, 3.63) is 57.3 Å². The molecule has 1 aliphatic carbocycles. The van der Waals surface area contributed by atoms with E-state index in [4.69, 9.17) is 0 Å². The molecule has 1 aromatic heterocycles. The Hall–Kier alpha value is -2.14. The molecular formula is C20H24N2O2S. The van der Waals surface area contributed by atoms with Crippen molar-refractivity contribution in [3.63, 3.8) is 0 Å². The van der Waals surface area contributed by atoms with E-state index < -0.39 is 0 Å². The zero-order chi connectivity index (χ0) is 17.6. The maximum Gasteiger partial charge on any atom is 0.252 e. The summed E-state index contributed by atoms with van der Waals surface area (Å²) in [5.41, 5.74) is 4.67. The molecule has 132 valence electrons. The van der Waals surface area contributed by atoms with Crippen LogP contribution in [0.1, 0.15) is 59.3 Å². The molecule has 2 N–H and O–H groups in total. The monoisotopic (exact) mass is 356 g/mol. The summed E-state index contributed by atoms with van der Waals surface area (Å²) in [5.74, 6) is -0.173. The fourth-order valence-electron chi connectivity index (χ4n) is 3.20. The van der Waals surface area contributed by atoms with Crippen LogP contribution in [0, 0.1) is 0 Å². The van der Waals surface area contributed by atoms with E-state index in [9.17, 15) is 9.59 Å². The number of carbonyl (C=O) groups is 2. The number of thiophene rings is 1. The minimum absolute atomic E-state index is 0.0210. The van der Waals surface area contributed by atoms with Gasteiger partial charge in [-0.1, -0.05) is 18.2 Å². The lowest BCUT2D eigenvalue weighted by molar-refractivity contribution is -0.121. The van der Waals surface area contributed by atoms with Crippen LogP contribution in [0.4, 0.5) is 0 Å².